The molecule has 2 nitrogen and oxygen atoms in total. The molecule has 0 bridgehead atoms. The van der Waals surface area contributed by atoms with Gasteiger partial charge in [-0.05, 0) is 25.3 Å². The third-order valence-corrected chi connectivity index (χ3v) is 2.32. The van der Waals surface area contributed by atoms with E-state index in [1.54, 1.807) is 0 Å². The highest BCUT2D eigenvalue weighted by atomic mass is 16.5. The summed E-state index contributed by atoms with van der Waals surface area (Å²) >= 11 is 0. The number of hydrogen-bond donors (Lipinski definition) is 1. The molecule has 0 heterocycles. The molecular formula is C9H19NO. The number of rotatable bonds is 4. The minimum atomic E-state index is 0.524. The number of hydrogen-bond acceptors (Lipinski definition) is 2. The minimum absolute atomic E-state index is 0.524. The number of ether oxygens (including phenoxy) is 1. The highest BCUT2D eigenvalue weighted by molar-refractivity contribution is 4.67. The molecule has 1 aliphatic rings. The second kappa shape index (κ2) is 4.73. The molecule has 0 aliphatic heterocycles. The van der Waals surface area contributed by atoms with Gasteiger partial charge in [0.1, 0.15) is 0 Å². The smallest absolute Gasteiger partial charge is 0.0575 e. The molecule has 11 heavy (non-hydrogen) atoms. The molecule has 0 saturated heterocycles. The molecule has 1 fully saturated rings. The first-order valence-electron chi connectivity index (χ1n) is 4.64. The van der Waals surface area contributed by atoms with Crippen LogP contribution in [-0.2, 0) is 4.74 Å². The van der Waals surface area contributed by atoms with Gasteiger partial charge in [0.2, 0.25) is 0 Å². The Morgan fingerprint density at radius 2 is 2.09 bits per heavy atom. The van der Waals surface area contributed by atoms with Crippen molar-refractivity contribution in [2.45, 2.75) is 38.7 Å². The zero-order valence-corrected chi connectivity index (χ0v) is 7.38. The molecule has 0 spiro atoms. The molecule has 0 amide bonds. The van der Waals surface area contributed by atoms with Gasteiger partial charge in [0, 0.05) is 0 Å². The molecule has 1 atom stereocenters. The SMILES string of the molecule is CC(CN)COC1CCCC1. The van der Waals surface area contributed by atoms with E-state index in [2.05, 4.69) is 6.92 Å². The van der Waals surface area contributed by atoms with Gasteiger partial charge in [-0.2, -0.15) is 0 Å². The Kier molecular flexibility index (Phi) is 3.87. The van der Waals surface area contributed by atoms with Crippen molar-refractivity contribution in [1.82, 2.24) is 0 Å². The van der Waals surface area contributed by atoms with Crippen molar-refractivity contribution in [1.29, 1.82) is 0 Å². The Morgan fingerprint density at radius 3 is 2.64 bits per heavy atom. The van der Waals surface area contributed by atoms with Gasteiger partial charge in [0.25, 0.3) is 0 Å². The molecule has 0 aromatic rings. The van der Waals surface area contributed by atoms with Crippen LogP contribution in [0.5, 0.6) is 0 Å². The lowest BCUT2D eigenvalue weighted by atomic mass is 10.2. The third kappa shape index (κ3) is 3.21. The van der Waals surface area contributed by atoms with Gasteiger partial charge < -0.3 is 10.5 Å². The van der Waals surface area contributed by atoms with Gasteiger partial charge in [-0.1, -0.05) is 19.8 Å². The first kappa shape index (κ1) is 9.01. The molecule has 1 rings (SSSR count). The lowest BCUT2D eigenvalue weighted by Crippen LogP contribution is -2.20. The molecule has 1 saturated carbocycles. The Balaban J connectivity index is 2.01. The topological polar surface area (TPSA) is 35.2 Å². The summed E-state index contributed by atoms with van der Waals surface area (Å²) in [5, 5.41) is 0. The molecular weight excluding hydrogens is 138 g/mol. The maximum atomic E-state index is 5.68. The van der Waals surface area contributed by atoms with Crippen molar-refractivity contribution >= 4 is 0 Å². The van der Waals surface area contributed by atoms with E-state index in [0.29, 0.717) is 12.0 Å². The van der Waals surface area contributed by atoms with Crippen LogP contribution in [0.15, 0.2) is 0 Å². The molecule has 66 valence electrons. The van der Waals surface area contributed by atoms with Crippen molar-refractivity contribution in [3.8, 4) is 0 Å². The fourth-order valence-corrected chi connectivity index (χ4v) is 1.42. The zero-order chi connectivity index (χ0) is 8.10. The first-order chi connectivity index (χ1) is 5.33. The van der Waals surface area contributed by atoms with E-state index in [-0.39, 0.29) is 0 Å². The van der Waals surface area contributed by atoms with Crippen LogP contribution in [-0.4, -0.2) is 19.3 Å². The quantitative estimate of drug-likeness (QED) is 0.672. The molecule has 2 heteroatoms. The van der Waals surface area contributed by atoms with Crippen LogP contribution < -0.4 is 5.73 Å². The standard InChI is InChI=1S/C9H19NO/c1-8(6-10)7-11-9-4-2-3-5-9/h8-9H,2-7,10H2,1H3. The summed E-state index contributed by atoms with van der Waals surface area (Å²) in [4.78, 5) is 0. The first-order valence-corrected chi connectivity index (χ1v) is 4.64. The Labute approximate surface area is 69.1 Å². The van der Waals surface area contributed by atoms with Crippen LogP contribution in [0.2, 0.25) is 0 Å². The highest BCUT2D eigenvalue weighted by Gasteiger charge is 2.15. The van der Waals surface area contributed by atoms with E-state index in [1.807, 2.05) is 0 Å². The van der Waals surface area contributed by atoms with Gasteiger partial charge in [0.15, 0.2) is 0 Å². The largest absolute Gasteiger partial charge is 0.378 e. The maximum absolute atomic E-state index is 5.68. The third-order valence-electron chi connectivity index (χ3n) is 2.32. The van der Waals surface area contributed by atoms with Crippen molar-refractivity contribution in [3.05, 3.63) is 0 Å². The Morgan fingerprint density at radius 1 is 1.45 bits per heavy atom. The van der Waals surface area contributed by atoms with E-state index in [9.17, 15) is 0 Å². The van der Waals surface area contributed by atoms with E-state index in [0.717, 1.165) is 13.2 Å². The van der Waals surface area contributed by atoms with E-state index in [4.69, 9.17) is 10.5 Å². The molecule has 0 aromatic carbocycles. The van der Waals surface area contributed by atoms with Crippen LogP contribution in [0.1, 0.15) is 32.6 Å². The van der Waals surface area contributed by atoms with Gasteiger partial charge in [-0.15, -0.1) is 0 Å². The maximum Gasteiger partial charge on any atom is 0.0575 e. The average molecular weight is 157 g/mol. The van der Waals surface area contributed by atoms with Crippen LogP contribution in [0.3, 0.4) is 0 Å². The summed E-state index contributed by atoms with van der Waals surface area (Å²) in [7, 11) is 0. The summed E-state index contributed by atoms with van der Waals surface area (Å²) in [5.41, 5.74) is 5.48. The van der Waals surface area contributed by atoms with E-state index >= 15 is 0 Å². The monoisotopic (exact) mass is 157 g/mol. The van der Waals surface area contributed by atoms with Gasteiger partial charge in [-0.25, -0.2) is 0 Å². The summed E-state index contributed by atoms with van der Waals surface area (Å²) in [5.74, 6) is 0.524. The second-order valence-electron chi connectivity index (χ2n) is 3.58. The predicted octanol–water partition coefficient (Wildman–Crippen LogP) is 1.54. The molecule has 0 radical (unpaired) electrons. The molecule has 1 aliphatic carbocycles. The highest BCUT2D eigenvalue weighted by Crippen LogP contribution is 2.21. The van der Waals surface area contributed by atoms with Crippen molar-refractivity contribution < 1.29 is 4.74 Å². The predicted molar refractivity (Wildman–Crippen MR) is 46.4 cm³/mol. The molecule has 1 unspecified atom stereocenters. The van der Waals surface area contributed by atoms with Crippen molar-refractivity contribution in [2.24, 2.45) is 11.7 Å². The van der Waals surface area contributed by atoms with Crippen LogP contribution in [0, 0.1) is 5.92 Å². The van der Waals surface area contributed by atoms with E-state index in [1.165, 1.54) is 25.7 Å². The fourth-order valence-electron chi connectivity index (χ4n) is 1.42. The lowest BCUT2D eigenvalue weighted by Gasteiger charge is -2.14. The van der Waals surface area contributed by atoms with Gasteiger partial charge in [-0.3, -0.25) is 0 Å². The zero-order valence-electron chi connectivity index (χ0n) is 7.38. The lowest BCUT2D eigenvalue weighted by molar-refractivity contribution is 0.0389. The summed E-state index contributed by atoms with van der Waals surface area (Å²) in [6, 6.07) is 0. The normalized spacial score (nSPS) is 22.4. The summed E-state index contributed by atoms with van der Waals surface area (Å²) in [6.07, 6.45) is 5.77. The second-order valence-corrected chi connectivity index (χ2v) is 3.58. The summed E-state index contributed by atoms with van der Waals surface area (Å²) in [6.45, 7) is 3.73. The van der Waals surface area contributed by atoms with Crippen LogP contribution in [0.4, 0.5) is 0 Å². The minimum Gasteiger partial charge on any atom is -0.378 e. The number of nitrogens with two attached hydrogens (primary N) is 1. The average Bonchev–Trinajstić information content (AvgIpc) is 2.52. The van der Waals surface area contributed by atoms with E-state index < -0.39 is 0 Å². The Hall–Kier alpha value is -0.0800. The van der Waals surface area contributed by atoms with Gasteiger partial charge in [0.05, 0.1) is 12.7 Å². The van der Waals surface area contributed by atoms with Crippen LogP contribution >= 0.6 is 0 Å². The van der Waals surface area contributed by atoms with Gasteiger partial charge >= 0.3 is 0 Å². The summed E-state index contributed by atoms with van der Waals surface area (Å²) < 4.78 is 5.68. The van der Waals surface area contributed by atoms with Crippen molar-refractivity contribution in [3.63, 3.8) is 0 Å². The molecule has 0 aromatic heterocycles. The van der Waals surface area contributed by atoms with Crippen LogP contribution in [0.25, 0.3) is 0 Å². The molecule has 2 N–H and O–H groups in total. The van der Waals surface area contributed by atoms with Crippen molar-refractivity contribution in [2.75, 3.05) is 13.2 Å². The fraction of sp³-hybridized carbons (Fsp3) is 1.00. The Bertz CT molecular complexity index is 99.7.